The Hall–Kier alpha value is -1.11. The zero-order valence-corrected chi connectivity index (χ0v) is 11.8. The molecule has 6 heteroatoms. The van der Waals surface area contributed by atoms with Crippen LogP contribution in [-0.4, -0.2) is 30.5 Å². The summed E-state index contributed by atoms with van der Waals surface area (Å²) in [5.41, 5.74) is -1.97. The number of hydrogen-bond acceptors (Lipinski definition) is 3. The van der Waals surface area contributed by atoms with Crippen molar-refractivity contribution in [2.24, 2.45) is 0 Å². The van der Waals surface area contributed by atoms with Crippen LogP contribution in [0.15, 0.2) is 24.3 Å². The molecule has 1 aliphatic rings. The second-order valence-corrected chi connectivity index (χ2v) is 5.10. The van der Waals surface area contributed by atoms with E-state index in [2.05, 4.69) is 0 Å². The third-order valence-corrected chi connectivity index (χ3v) is 3.83. The van der Waals surface area contributed by atoms with Crippen LogP contribution in [0.5, 0.6) is 0 Å². The fourth-order valence-corrected chi connectivity index (χ4v) is 2.78. The summed E-state index contributed by atoms with van der Waals surface area (Å²) in [6.07, 6.45) is -5.10. The maximum Gasteiger partial charge on any atom is 0.416 e. The highest BCUT2D eigenvalue weighted by molar-refractivity contribution is 5.33. The Morgan fingerprint density at radius 1 is 1.29 bits per heavy atom. The van der Waals surface area contributed by atoms with E-state index in [0.717, 1.165) is 6.07 Å². The lowest BCUT2D eigenvalue weighted by Gasteiger charge is -2.41. The van der Waals surface area contributed by atoms with Crippen LogP contribution in [0.25, 0.3) is 0 Å². The normalized spacial score (nSPS) is 20.2. The molecule has 0 spiro atoms. The first-order valence-electron chi connectivity index (χ1n) is 6.96. The number of aliphatic hydroxyl groups excluding tert-OH is 1. The summed E-state index contributed by atoms with van der Waals surface area (Å²) in [4.78, 5) is 0. The average molecular weight is 304 g/mol. The summed E-state index contributed by atoms with van der Waals surface area (Å²) in [6.45, 7) is 2.82. The Labute approximate surface area is 121 Å². The molecular weight excluding hydrogens is 285 g/mol. The Morgan fingerprint density at radius 3 is 2.48 bits per heavy atom. The Bertz CT molecular complexity index is 462. The minimum Gasteiger partial charge on any atom is -0.385 e. The molecule has 0 bridgehead atoms. The fourth-order valence-electron chi connectivity index (χ4n) is 2.78. The van der Waals surface area contributed by atoms with Gasteiger partial charge in [-0.1, -0.05) is 18.2 Å². The van der Waals surface area contributed by atoms with Crippen LogP contribution >= 0.6 is 0 Å². The van der Waals surface area contributed by atoms with Crippen LogP contribution in [0.2, 0.25) is 0 Å². The van der Waals surface area contributed by atoms with Gasteiger partial charge in [0.1, 0.15) is 11.7 Å². The summed E-state index contributed by atoms with van der Waals surface area (Å²) in [7, 11) is 0. The topological polar surface area (TPSA) is 38.7 Å². The monoisotopic (exact) mass is 304 g/mol. The van der Waals surface area contributed by atoms with Gasteiger partial charge < -0.3 is 14.6 Å². The van der Waals surface area contributed by atoms with Crippen molar-refractivity contribution < 1.29 is 27.8 Å². The van der Waals surface area contributed by atoms with Crippen molar-refractivity contribution in [2.45, 2.75) is 37.6 Å². The highest BCUT2D eigenvalue weighted by Crippen LogP contribution is 2.42. The van der Waals surface area contributed by atoms with Crippen molar-refractivity contribution in [3.8, 4) is 0 Å². The SMILES string of the molecule is CCOC1(C(O)c2ccccc2C(F)(F)F)CCOCC1. The number of benzene rings is 1. The minimum atomic E-state index is -4.50. The quantitative estimate of drug-likeness (QED) is 0.927. The van der Waals surface area contributed by atoms with E-state index < -0.39 is 23.4 Å². The van der Waals surface area contributed by atoms with Crippen molar-refractivity contribution in [1.29, 1.82) is 0 Å². The van der Waals surface area contributed by atoms with Gasteiger partial charge in [0.05, 0.1) is 5.56 Å². The number of alkyl halides is 3. The standard InChI is InChI=1S/C15H19F3O3/c1-2-21-14(7-9-20-10-8-14)13(19)11-5-3-4-6-12(11)15(16,17)18/h3-6,13,19H,2,7-10H2,1H3. The van der Waals surface area contributed by atoms with Gasteiger partial charge in [0.25, 0.3) is 0 Å². The number of halogens is 3. The molecule has 1 N–H and O–H groups in total. The van der Waals surface area contributed by atoms with Crippen molar-refractivity contribution in [2.75, 3.05) is 19.8 Å². The summed E-state index contributed by atoms with van der Waals surface area (Å²) in [5, 5.41) is 10.6. The van der Waals surface area contributed by atoms with Crippen LogP contribution in [0, 0.1) is 0 Å². The van der Waals surface area contributed by atoms with E-state index in [0.29, 0.717) is 32.7 Å². The molecule has 1 atom stereocenters. The summed E-state index contributed by atoms with van der Waals surface area (Å²) in [5.74, 6) is 0. The molecule has 1 unspecified atom stereocenters. The lowest BCUT2D eigenvalue weighted by atomic mass is 9.82. The van der Waals surface area contributed by atoms with Crippen LogP contribution in [0.3, 0.4) is 0 Å². The summed E-state index contributed by atoms with van der Waals surface area (Å²) in [6, 6.07) is 5.10. The molecule has 1 heterocycles. The predicted octanol–water partition coefficient (Wildman–Crippen LogP) is 3.32. The Kier molecular flexibility index (Phi) is 4.91. The van der Waals surface area contributed by atoms with E-state index in [1.165, 1.54) is 18.2 Å². The first-order chi connectivity index (χ1) is 9.91. The van der Waals surface area contributed by atoms with Crippen LogP contribution in [0.1, 0.15) is 37.0 Å². The van der Waals surface area contributed by atoms with Crippen LogP contribution < -0.4 is 0 Å². The highest BCUT2D eigenvalue weighted by Gasteiger charge is 2.45. The molecular formula is C15H19F3O3. The van der Waals surface area contributed by atoms with E-state index in [9.17, 15) is 18.3 Å². The molecule has 1 aromatic carbocycles. The molecule has 118 valence electrons. The number of ether oxygens (including phenoxy) is 2. The number of hydrogen-bond donors (Lipinski definition) is 1. The van der Waals surface area contributed by atoms with Gasteiger partial charge in [-0.05, 0) is 18.6 Å². The minimum absolute atomic E-state index is 0.139. The molecule has 0 radical (unpaired) electrons. The van der Waals surface area contributed by atoms with Crippen molar-refractivity contribution >= 4 is 0 Å². The molecule has 21 heavy (non-hydrogen) atoms. The molecule has 1 fully saturated rings. The average Bonchev–Trinajstić information content (AvgIpc) is 2.47. The van der Waals surface area contributed by atoms with Gasteiger partial charge in [0.15, 0.2) is 0 Å². The third-order valence-electron chi connectivity index (χ3n) is 3.83. The van der Waals surface area contributed by atoms with Crippen molar-refractivity contribution in [3.05, 3.63) is 35.4 Å². The molecule has 0 saturated carbocycles. The molecule has 0 aromatic heterocycles. The largest absolute Gasteiger partial charge is 0.416 e. The smallest absolute Gasteiger partial charge is 0.385 e. The molecule has 3 nitrogen and oxygen atoms in total. The molecule has 2 rings (SSSR count). The number of rotatable bonds is 4. The van der Waals surface area contributed by atoms with Gasteiger partial charge in [0, 0.05) is 32.7 Å². The molecule has 1 aliphatic heterocycles. The van der Waals surface area contributed by atoms with Gasteiger partial charge in [-0.25, -0.2) is 0 Å². The van der Waals surface area contributed by atoms with E-state index in [4.69, 9.17) is 9.47 Å². The number of aliphatic hydroxyl groups is 1. The molecule has 0 amide bonds. The third kappa shape index (κ3) is 3.39. The highest BCUT2D eigenvalue weighted by atomic mass is 19.4. The second kappa shape index (κ2) is 6.34. The Morgan fingerprint density at radius 2 is 1.90 bits per heavy atom. The van der Waals surface area contributed by atoms with E-state index in [1.807, 2.05) is 0 Å². The maximum absolute atomic E-state index is 13.1. The Balaban J connectivity index is 2.39. The summed E-state index contributed by atoms with van der Waals surface area (Å²) < 4.78 is 50.2. The fraction of sp³-hybridized carbons (Fsp3) is 0.600. The summed E-state index contributed by atoms with van der Waals surface area (Å²) >= 11 is 0. The van der Waals surface area contributed by atoms with E-state index >= 15 is 0 Å². The van der Waals surface area contributed by atoms with Gasteiger partial charge in [0.2, 0.25) is 0 Å². The second-order valence-electron chi connectivity index (χ2n) is 5.10. The van der Waals surface area contributed by atoms with Gasteiger partial charge in [-0.3, -0.25) is 0 Å². The van der Waals surface area contributed by atoms with Gasteiger partial charge in [-0.2, -0.15) is 13.2 Å². The zero-order valence-electron chi connectivity index (χ0n) is 11.8. The predicted molar refractivity (Wildman–Crippen MR) is 70.8 cm³/mol. The van der Waals surface area contributed by atoms with Gasteiger partial charge in [-0.15, -0.1) is 0 Å². The van der Waals surface area contributed by atoms with E-state index in [-0.39, 0.29) is 5.56 Å². The lowest BCUT2D eigenvalue weighted by molar-refractivity contribution is -0.172. The van der Waals surface area contributed by atoms with Crippen LogP contribution in [-0.2, 0) is 15.7 Å². The van der Waals surface area contributed by atoms with Crippen molar-refractivity contribution in [1.82, 2.24) is 0 Å². The molecule has 1 aromatic rings. The zero-order chi connectivity index (χ0) is 15.5. The van der Waals surface area contributed by atoms with Gasteiger partial charge >= 0.3 is 6.18 Å². The first-order valence-corrected chi connectivity index (χ1v) is 6.96. The maximum atomic E-state index is 13.1. The lowest BCUT2D eigenvalue weighted by Crippen LogP contribution is -2.45. The first kappa shape index (κ1) is 16.3. The molecule has 0 aliphatic carbocycles. The van der Waals surface area contributed by atoms with Crippen LogP contribution in [0.4, 0.5) is 13.2 Å². The van der Waals surface area contributed by atoms with E-state index in [1.54, 1.807) is 6.92 Å². The molecule has 1 saturated heterocycles. The van der Waals surface area contributed by atoms with Crippen molar-refractivity contribution in [3.63, 3.8) is 0 Å².